The Balaban J connectivity index is 2.07. The Morgan fingerprint density at radius 2 is 0.780 bits per heavy atom. The molecule has 59 heavy (non-hydrogen) atoms. The summed E-state index contributed by atoms with van der Waals surface area (Å²) >= 11 is 0. The van der Waals surface area contributed by atoms with Gasteiger partial charge in [-0.15, -0.1) is 0 Å². The van der Waals surface area contributed by atoms with Gasteiger partial charge in [-0.25, -0.2) is 31.1 Å². The smallest absolute Gasteiger partial charge is 0.397 e. The second-order valence-corrected chi connectivity index (χ2v) is 15.9. The Kier molecular flexibility index (Phi) is 17.3. The van der Waals surface area contributed by atoms with Crippen molar-refractivity contribution in [2.45, 2.75) is 92.1 Å². The molecule has 3 heterocycles. The van der Waals surface area contributed by atoms with E-state index >= 15 is 0 Å². The van der Waals surface area contributed by atoms with E-state index in [1.807, 2.05) is 0 Å². The summed E-state index contributed by atoms with van der Waals surface area (Å²) in [7, 11) is -23.1. The standard InChI is InChI=1S/C22H35NO32S4/c23-1-2-45-3-4-46-20-11(53-57(36,37)38)5(24)8(14(49-20)17(27)28)47-21-12(54-58(39,40)41)6(25)9(15(50-21)18(29)30)48-22-13(55-59(42,43)44)7(26)10(52-56(33,34)35)16(51-22)19(31)32/h5-16,20-22,24-26H,1-4,23H2,(H,27,28)(H,29,30)(H,31,32)(H,33,34,35)(H,36,37,38)(H,39,40,41)(H,42,43,44)/t5-,6-,7-,8-,9-,10-,11+,12+,13+,14+,15+,16+,20+,21+,22+/m0/s1. The lowest BCUT2D eigenvalue weighted by molar-refractivity contribution is -0.365. The molecule has 0 bridgehead atoms. The van der Waals surface area contributed by atoms with Gasteiger partial charge >= 0.3 is 59.5 Å². The van der Waals surface area contributed by atoms with E-state index in [4.69, 9.17) is 43.4 Å². The quantitative estimate of drug-likeness (QED) is 0.0376. The first-order valence-electron chi connectivity index (χ1n) is 15.5. The van der Waals surface area contributed by atoms with Crippen molar-refractivity contribution in [2.75, 3.05) is 26.4 Å². The van der Waals surface area contributed by atoms with E-state index in [0.29, 0.717) is 0 Å². The van der Waals surface area contributed by atoms with Crippen molar-refractivity contribution in [3.63, 3.8) is 0 Å². The third-order valence-electron chi connectivity index (χ3n) is 7.58. The molecular formula is C22H35NO32S4. The molecule has 3 aliphatic heterocycles. The van der Waals surface area contributed by atoms with Gasteiger partial charge in [0, 0.05) is 6.54 Å². The minimum absolute atomic E-state index is 0.0245. The Hall–Kier alpha value is -2.55. The van der Waals surface area contributed by atoms with Gasteiger partial charge in [-0.2, -0.15) is 33.7 Å². The molecular weight excluding hydrogens is 918 g/mol. The monoisotopic (exact) mass is 953 g/mol. The summed E-state index contributed by atoms with van der Waals surface area (Å²) in [6.45, 7) is -0.855. The minimum atomic E-state index is -5.91. The van der Waals surface area contributed by atoms with Crippen LogP contribution >= 0.6 is 0 Å². The highest BCUT2D eigenvalue weighted by Crippen LogP contribution is 2.36. The zero-order chi connectivity index (χ0) is 45.0. The molecule has 0 saturated carbocycles. The van der Waals surface area contributed by atoms with Crippen molar-refractivity contribution in [3.05, 3.63) is 0 Å². The number of aliphatic carboxylic acids is 3. The maximum atomic E-state index is 12.4. The average Bonchev–Trinajstić information content (AvgIpc) is 3.06. The molecule has 0 aliphatic carbocycles. The SMILES string of the molecule is NCCOCCO[C@@H]1O[C@@H](C(=O)O)[C@@H](O[C@@H]2O[C@@H](C(=O)O)[C@@H](O[C@@H]3O[C@@H](C(=O)O)[C@@H](OS(=O)(=O)O)[C@H](O)[C@H]3OS(=O)(=O)O)[C@H](O)[C@H]2OS(=O)(=O)O)[C@H](O)[C@H]1OS(=O)(=O)O. The molecule has 3 rings (SSSR count). The number of carboxylic acids is 3. The molecule has 0 spiro atoms. The summed E-state index contributed by atoms with van der Waals surface area (Å²) < 4.78 is 183. The third-order valence-corrected chi connectivity index (χ3v) is 9.44. The summed E-state index contributed by atoms with van der Waals surface area (Å²) in [4.78, 5) is 36.6. The number of rotatable bonds is 21. The van der Waals surface area contributed by atoms with Gasteiger partial charge in [-0.3, -0.25) is 18.2 Å². The van der Waals surface area contributed by atoms with Gasteiger partial charge < -0.3 is 69.5 Å². The molecule has 12 N–H and O–H groups in total. The first-order chi connectivity index (χ1) is 26.9. The van der Waals surface area contributed by atoms with E-state index in [-0.39, 0.29) is 19.8 Å². The van der Waals surface area contributed by atoms with Crippen molar-refractivity contribution >= 4 is 59.5 Å². The number of nitrogens with two attached hydrogens (primary N) is 1. The predicted molar refractivity (Wildman–Crippen MR) is 168 cm³/mol. The Morgan fingerprint density at radius 1 is 0.475 bits per heavy atom. The van der Waals surface area contributed by atoms with Gasteiger partial charge in [0.1, 0.15) is 36.6 Å². The highest BCUT2D eigenvalue weighted by Gasteiger charge is 2.60. The van der Waals surface area contributed by atoms with E-state index in [1.54, 1.807) is 0 Å². The average molecular weight is 954 g/mol. The van der Waals surface area contributed by atoms with Crippen molar-refractivity contribution in [1.82, 2.24) is 0 Å². The molecule has 0 amide bonds. The molecule has 3 saturated heterocycles. The van der Waals surface area contributed by atoms with Crippen LogP contribution in [0.2, 0.25) is 0 Å². The lowest BCUT2D eigenvalue weighted by Crippen LogP contribution is -2.68. The largest absolute Gasteiger partial charge is 0.479 e. The number of ether oxygens (including phenoxy) is 7. The number of hydrogen-bond donors (Lipinski definition) is 11. The number of carbonyl (C=O) groups is 3. The molecule has 15 atom stereocenters. The molecule has 0 aromatic carbocycles. The summed E-state index contributed by atoms with van der Waals surface area (Å²) in [5, 5.41) is 62.4. The Morgan fingerprint density at radius 3 is 1.12 bits per heavy atom. The maximum absolute atomic E-state index is 12.4. The molecule has 344 valence electrons. The summed E-state index contributed by atoms with van der Waals surface area (Å²) in [6, 6.07) is 0. The van der Waals surface area contributed by atoms with Crippen molar-refractivity contribution in [3.8, 4) is 0 Å². The number of hydrogen-bond acceptors (Lipinski definition) is 26. The maximum Gasteiger partial charge on any atom is 0.397 e. The van der Waals surface area contributed by atoms with E-state index in [9.17, 15) is 92.4 Å². The molecule has 0 aromatic rings. The number of aliphatic hydroxyl groups excluding tert-OH is 3. The molecule has 37 heteroatoms. The predicted octanol–water partition coefficient (Wildman–Crippen LogP) is -7.99. The second kappa shape index (κ2) is 20.1. The number of carboxylic acid groups (broad SMARTS) is 3. The summed E-state index contributed by atoms with van der Waals surface area (Å²) in [5.41, 5.74) is 5.27. The summed E-state index contributed by atoms with van der Waals surface area (Å²) in [6.07, 6.45) is -42.0. The van der Waals surface area contributed by atoms with E-state index in [1.165, 1.54) is 0 Å². The fourth-order valence-corrected chi connectivity index (χ4v) is 7.38. The number of aliphatic hydroxyl groups is 3. The van der Waals surface area contributed by atoms with Gasteiger partial charge in [0.05, 0.1) is 19.8 Å². The second-order valence-electron chi connectivity index (χ2n) is 11.7. The van der Waals surface area contributed by atoms with Crippen LogP contribution in [0.3, 0.4) is 0 Å². The van der Waals surface area contributed by atoms with Crippen molar-refractivity contribution in [2.24, 2.45) is 5.73 Å². The molecule has 3 aliphatic rings. The summed E-state index contributed by atoms with van der Waals surface area (Å²) in [5.74, 6) is -6.71. The van der Waals surface area contributed by atoms with Gasteiger partial charge in [-0.05, 0) is 0 Å². The lowest BCUT2D eigenvalue weighted by Gasteiger charge is -2.47. The van der Waals surface area contributed by atoms with Crippen molar-refractivity contribution < 1.29 is 147 Å². The van der Waals surface area contributed by atoms with Gasteiger partial charge in [0.25, 0.3) is 0 Å². The first kappa shape index (κ1) is 50.8. The molecule has 0 aromatic heterocycles. The van der Waals surface area contributed by atoms with Crippen LogP contribution in [0.5, 0.6) is 0 Å². The topological polar surface area (TPSA) is 518 Å². The molecule has 33 nitrogen and oxygen atoms in total. The van der Waals surface area contributed by atoms with Crippen LogP contribution in [0.15, 0.2) is 0 Å². The third kappa shape index (κ3) is 14.5. The molecule has 3 fully saturated rings. The lowest BCUT2D eigenvalue weighted by atomic mass is 9.95. The fourth-order valence-electron chi connectivity index (χ4n) is 5.43. The van der Waals surface area contributed by atoms with Crippen LogP contribution in [0.1, 0.15) is 0 Å². The Labute approximate surface area is 330 Å². The van der Waals surface area contributed by atoms with Crippen LogP contribution in [0.25, 0.3) is 0 Å². The zero-order valence-corrected chi connectivity index (χ0v) is 31.9. The van der Waals surface area contributed by atoms with E-state index in [0.717, 1.165) is 0 Å². The normalized spacial score (nSPS) is 36.2. The minimum Gasteiger partial charge on any atom is -0.479 e. The molecule has 0 unspecified atom stereocenters. The highest BCUT2D eigenvalue weighted by atomic mass is 32.3. The van der Waals surface area contributed by atoms with Gasteiger partial charge in [-0.1, -0.05) is 0 Å². The fraction of sp³-hybridized carbons (Fsp3) is 0.864. The van der Waals surface area contributed by atoms with E-state index in [2.05, 4.69) is 16.7 Å². The van der Waals surface area contributed by atoms with E-state index < -0.39 is 158 Å². The van der Waals surface area contributed by atoms with Gasteiger partial charge in [0.2, 0.25) is 0 Å². The van der Waals surface area contributed by atoms with Crippen molar-refractivity contribution in [1.29, 1.82) is 0 Å². The highest BCUT2D eigenvalue weighted by molar-refractivity contribution is 7.81. The Bertz CT molecular complexity index is 1930. The van der Waals surface area contributed by atoms with Crippen LogP contribution < -0.4 is 5.73 Å². The van der Waals surface area contributed by atoms with Gasteiger partial charge in [0.15, 0.2) is 55.5 Å². The van der Waals surface area contributed by atoms with Crippen LogP contribution in [-0.2, 0) is 106 Å². The van der Waals surface area contributed by atoms with Crippen LogP contribution in [0, 0.1) is 0 Å². The van der Waals surface area contributed by atoms with Crippen LogP contribution in [-0.4, -0.2) is 219 Å². The van der Waals surface area contributed by atoms with Crippen LogP contribution in [0.4, 0.5) is 0 Å². The molecule has 0 radical (unpaired) electrons. The zero-order valence-electron chi connectivity index (χ0n) is 28.7. The first-order valence-corrected chi connectivity index (χ1v) is 20.9.